The zero-order chi connectivity index (χ0) is 17.8. The van der Waals surface area contributed by atoms with Crippen LogP contribution in [0.2, 0.25) is 0 Å². The predicted molar refractivity (Wildman–Crippen MR) is 83.4 cm³/mol. The molecular formula is C17H19N3O4. The number of amides is 2. The van der Waals surface area contributed by atoms with Crippen LogP contribution in [0.15, 0.2) is 24.5 Å². The van der Waals surface area contributed by atoms with Gasteiger partial charge in [-0.25, -0.2) is 0 Å². The van der Waals surface area contributed by atoms with E-state index in [1.165, 1.54) is 12.4 Å². The molecule has 2 N–H and O–H groups in total. The number of aromatic nitrogens is 1. The Kier molecular flexibility index (Phi) is 3.37. The molecule has 2 aliphatic carbocycles. The highest BCUT2D eigenvalue weighted by atomic mass is 16.2. The van der Waals surface area contributed by atoms with Gasteiger partial charge in [-0.3, -0.25) is 35.0 Å². The summed E-state index contributed by atoms with van der Waals surface area (Å²) in [5.74, 6) is -2.32. The molecule has 1 aromatic heterocycles. The molecule has 0 saturated heterocycles. The highest BCUT2D eigenvalue weighted by Crippen LogP contribution is 2.68. The highest BCUT2D eigenvalue weighted by molar-refractivity contribution is 6.48. The minimum absolute atomic E-state index is 0.277. The average Bonchev–Trinajstić information content (AvgIpc) is 2.85. The molecule has 1 heterocycles. The van der Waals surface area contributed by atoms with Crippen LogP contribution in [-0.4, -0.2) is 28.4 Å². The maximum atomic E-state index is 12.8. The van der Waals surface area contributed by atoms with Crippen molar-refractivity contribution >= 4 is 23.4 Å². The summed E-state index contributed by atoms with van der Waals surface area (Å²) in [6.45, 7) is 5.28. The molecule has 2 fully saturated rings. The zero-order valence-electron chi connectivity index (χ0n) is 13.8. The van der Waals surface area contributed by atoms with Crippen LogP contribution in [-0.2, 0) is 14.4 Å². The van der Waals surface area contributed by atoms with E-state index in [9.17, 15) is 19.2 Å². The van der Waals surface area contributed by atoms with E-state index in [0.29, 0.717) is 12.8 Å². The van der Waals surface area contributed by atoms with Gasteiger partial charge in [-0.15, -0.1) is 0 Å². The molecular weight excluding hydrogens is 310 g/mol. The van der Waals surface area contributed by atoms with Crippen molar-refractivity contribution in [3.63, 3.8) is 0 Å². The van der Waals surface area contributed by atoms with Gasteiger partial charge >= 0.3 is 0 Å². The number of rotatable bonds is 2. The second kappa shape index (κ2) is 4.96. The normalized spacial score (nSPS) is 30.3. The molecule has 0 radical (unpaired) electrons. The second-order valence-electron chi connectivity index (χ2n) is 7.17. The number of fused-ring (bicyclic) bond motifs is 2. The quantitative estimate of drug-likeness (QED) is 0.474. The van der Waals surface area contributed by atoms with Gasteiger partial charge in [0, 0.05) is 17.8 Å². The Morgan fingerprint density at radius 3 is 2.33 bits per heavy atom. The van der Waals surface area contributed by atoms with Crippen molar-refractivity contribution in [2.75, 3.05) is 0 Å². The van der Waals surface area contributed by atoms with Gasteiger partial charge in [-0.1, -0.05) is 20.8 Å². The molecule has 2 amide bonds. The first-order chi connectivity index (χ1) is 11.2. The van der Waals surface area contributed by atoms with E-state index < -0.39 is 39.6 Å². The number of carbonyl (C=O) groups is 4. The molecule has 2 saturated carbocycles. The molecule has 126 valence electrons. The van der Waals surface area contributed by atoms with E-state index in [1.807, 2.05) is 0 Å². The van der Waals surface area contributed by atoms with Crippen LogP contribution in [0.25, 0.3) is 0 Å². The van der Waals surface area contributed by atoms with Gasteiger partial charge in [0.1, 0.15) is 5.41 Å². The van der Waals surface area contributed by atoms with Crippen molar-refractivity contribution in [3.8, 4) is 0 Å². The molecule has 2 bridgehead atoms. The third-order valence-corrected chi connectivity index (χ3v) is 6.14. The summed E-state index contributed by atoms with van der Waals surface area (Å²) in [6.07, 6.45) is 3.67. The lowest BCUT2D eigenvalue weighted by molar-refractivity contribution is -0.149. The first-order valence-electron chi connectivity index (χ1n) is 7.78. The second-order valence-corrected chi connectivity index (χ2v) is 7.17. The lowest BCUT2D eigenvalue weighted by atomic mass is 9.64. The van der Waals surface area contributed by atoms with Crippen LogP contribution in [0, 0.1) is 16.2 Å². The van der Waals surface area contributed by atoms with Crippen LogP contribution < -0.4 is 10.9 Å². The topological polar surface area (TPSA) is 105 Å². The van der Waals surface area contributed by atoms with Crippen LogP contribution in [0.5, 0.6) is 0 Å². The fraction of sp³-hybridized carbons (Fsp3) is 0.471. The summed E-state index contributed by atoms with van der Waals surface area (Å²) in [6, 6.07) is 3.15. The van der Waals surface area contributed by atoms with Crippen molar-refractivity contribution in [3.05, 3.63) is 30.1 Å². The third kappa shape index (κ3) is 1.75. The number of hydrogen-bond donors (Lipinski definition) is 2. The summed E-state index contributed by atoms with van der Waals surface area (Å²) in [4.78, 5) is 53.5. The molecule has 7 heteroatoms. The Morgan fingerprint density at radius 1 is 1.08 bits per heavy atom. The van der Waals surface area contributed by atoms with Crippen LogP contribution >= 0.6 is 0 Å². The lowest BCUT2D eigenvalue weighted by Crippen LogP contribution is -2.55. The Balaban J connectivity index is 1.82. The summed E-state index contributed by atoms with van der Waals surface area (Å²) in [5.41, 5.74) is 1.82. The standard InChI is InChI=1S/C17H19N3O4/c1-15(2)16(3)6-7-17(15,12(22)11(16)21)14(24)20-19-13(23)10-5-4-8-18-9-10/h4-5,8-9H,6-7H2,1-3H3,(H,19,23)(H,20,24). The van der Waals surface area contributed by atoms with Crippen molar-refractivity contribution in [1.29, 1.82) is 0 Å². The van der Waals surface area contributed by atoms with Gasteiger partial charge in [0.2, 0.25) is 11.6 Å². The molecule has 0 aromatic carbocycles. The molecule has 3 rings (SSSR count). The van der Waals surface area contributed by atoms with Crippen LogP contribution in [0.4, 0.5) is 0 Å². The SMILES string of the molecule is CC12CCC(C(=O)NNC(=O)c3cccnc3)(C(=O)C1=O)C2(C)C. The van der Waals surface area contributed by atoms with Crippen LogP contribution in [0.1, 0.15) is 44.0 Å². The van der Waals surface area contributed by atoms with Gasteiger partial charge in [0.05, 0.1) is 5.56 Å². The number of hydrogen-bond acceptors (Lipinski definition) is 5. The van der Waals surface area contributed by atoms with E-state index in [1.54, 1.807) is 32.9 Å². The number of hydrazine groups is 1. The van der Waals surface area contributed by atoms with E-state index in [0.717, 1.165) is 0 Å². The summed E-state index contributed by atoms with van der Waals surface area (Å²) in [5, 5.41) is 0. The molecule has 0 aliphatic heterocycles. The molecule has 2 aliphatic rings. The van der Waals surface area contributed by atoms with Crippen molar-refractivity contribution in [1.82, 2.24) is 15.8 Å². The largest absolute Gasteiger partial charge is 0.290 e. The summed E-state index contributed by atoms with van der Waals surface area (Å²) in [7, 11) is 0. The number of nitrogens with one attached hydrogen (secondary N) is 2. The molecule has 7 nitrogen and oxygen atoms in total. The minimum Gasteiger partial charge on any atom is -0.290 e. The van der Waals surface area contributed by atoms with E-state index in [2.05, 4.69) is 15.8 Å². The lowest BCUT2D eigenvalue weighted by Gasteiger charge is -2.36. The van der Waals surface area contributed by atoms with Gasteiger partial charge in [0.15, 0.2) is 0 Å². The van der Waals surface area contributed by atoms with E-state index in [-0.39, 0.29) is 5.56 Å². The monoisotopic (exact) mass is 329 g/mol. The number of Topliss-reactive ketones (excluding diaryl/α,β-unsaturated/α-hetero) is 2. The Hall–Kier alpha value is -2.57. The first-order valence-corrected chi connectivity index (χ1v) is 7.78. The van der Waals surface area contributed by atoms with Crippen molar-refractivity contribution in [2.24, 2.45) is 16.2 Å². The fourth-order valence-electron chi connectivity index (χ4n) is 4.06. The Bertz CT molecular complexity index is 758. The van der Waals surface area contributed by atoms with Gasteiger partial charge in [0.25, 0.3) is 11.8 Å². The van der Waals surface area contributed by atoms with E-state index in [4.69, 9.17) is 0 Å². The number of ketones is 2. The molecule has 1 aromatic rings. The molecule has 2 atom stereocenters. The molecule has 0 spiro atoms. The fourth-order valence-corrected chi connectivity index (χ4v) is 4.06. The van der Waals surface area contributed by atoms with Crippen molar-refractivity contribution in [2.45, 2.75) is 33.6 Å². The maximum Gasteiger partial charge on any atom is 0.271 e. The third-order valence-electron chi connectivity index (χ3n) is 6.14. The number of nitrogens with zero attached hydrogens (tertiary/aromatic N) is 1. The van der Waals surface area contributed by atoms with Crippen LogP contribution in [0.3, 0.4) is 0 Å². The predicted octanol–water partition coefficient (Wildman–Crippen LogP) is 0.807. The van der Waals surface area contributed by atoms with Gasteiger partial charge in [-0.05, 0) is 30.4 Å². The molecule has 2 unspecified atom stereocenters. The Labute approximate surface area is 139 Å². The Morgan fingerprint density at radius 2 is 1.79 bits per heavy atom. The molecule has 24 heavy (non-hydrogen) atoms. The van der Waals surface area contributed by atoms with E-state index >= 15 is 0 Å². The minimum atomic E-state index is -1.43. The van der Waals surface area contributed by atoms with Gasteiger partial charge in [-0.2, -0.15) is 0 Å². The average molecular weight is 329 g/mol. The zero-order valence-corrected chi connectivity index (χ0v) is 13.8. The number of carbonyl (C=O) groups excluding carboxylic acids is 4. The number of pyridine rings is 1. The van der Waals surface area contributed by atoms with Crippen molar-refractivity contribution < 1.29 is 19.2 Å². The van der Waals surface area contributed by atoms with Gasteiger partial charge < -0.3 is 0 Å². The first kappa shape index (κ1) is 16.3. The smallest absolute Gasteiger partial charge is 0.271 e. The summed E-state index contributed by atoms with van der Waals surface area (Å²) < 4.78 is 0. The highest BCUT2D eigenvalue weighted by Gasteiger charge is 2.77. The maximum absolute atomic E-state index is 12.8. The summed E-state index contributed by atoms with van der Waals surface area (Å²) >= 11 is 0.